The van der Waals surface area contributed by atoms with Gasteiger partial charge in [-0.05, 0) is 30.2 Å². The molecule has 7 heteroatoms. The maximum absolute atomic E-state index is 12.4. The highest BCUT2D eigenvalue weighted by molar-refractivity contribution is 6.31. The molecular formula is C18H16Cl2N4O. The van der Waals surface area contributed by atoms with Crippen molar-refractivity contribution in [1.29, 1.82) is 0 Å². The zero-order valence-electron chi connectivity index (χ0n) is 13.5. The van der Waals surface area contributed by atoms with E-state index < -0.39 is 0 Å². The van der Waals surface area contributed by atoms with E-state index in [4.69, 9.17) is 23.2 Å². The molecule has 1 N–H and O–H groups in total. The van der Waals surface area contributed by atoms with E-state index in [1.165, 1.54) is 0 Å². The number of amides is 1. The van der Waals surface area contributed by atoms with Gasteiger partial charge in [0.15, 0.2) is 5.69 Å². The van der Waals surface area contributed by atoms with Crippen LogP contribution in [0.1, 0.15) is 34.6 Å². The van der Waals surface area contributed by atoms with Crippen molar-refractivity contribution < 1.29 is 4.79 Å². The van der Waals surface area contributed by atoms with Gasteiger partial charge in [-0.25, -0.2) is 4.68 Å². The van der Waals surface area contributed by atoms with Crippen LogP contribution >= 0.6 is 23.2 Å². The minimum absolute atomic E-state index is 0.241. The fourth-order valence-electron chi connectivity index (χ4n) is 2.46. The van der Waals surface area contributed by atoms with E-state index >= 15 is 0 Å². The summed E-state index contributed by atoms with van der Waals surface area (Å²) in [6, 6.07) is 14.6. The molecule has 1 heterocycles. The first kappa shape index (κ1) is 17.5. The first-order valence-electron chi connectivity index (χ1n) is 7.73. The van der Waals surface area contributed by atoms with Crippen molar-refractivity contribution in [3.63, 3.8) is 0 Å². The fraction of sp³-hybridized carbons (Fsp3) is 0.167. The molecule has 0 saturated carbocycles. The van der Waals surface area contributed by atoms with Crippen LogP contribution in [0.3, 0.4) is 0 Å². The SMILES string of the molecule is C[C@H](NC(=O)c1cn(Cc2ccccc2Cl)nn1)c1ccccc1Cl. The number of carbonyl (C=O) groups is 1. The van der Waals surface area contributed by atoms with Crippen molar-refractivity contribution in [3.8, 4) is 0 Å². The molecule has 2 aromatic carbocycles. The van der Waals surface area contributed by atoms with Crippen molar-refractivity contribution in [2.24, 2.45) is 0 Å². The standard InChI is InChI=1S/C18H16Cl2N4O/c1-12(14-7-3-5-9-16(14)20)21-18(25)17-11-24(23-22-17)10-13-6-2-4-8-15(13)19/h2-9,11-12H,10H2,1H3,(H,21,25)/t12-/m0/s1. The topological polar surface area (TPSA) is 59.8 Å². The lowest BCUT2D eigenvalue weighted by atomic mass is 10.1. The third-order valence-electron chi connectivity index (χ3n) is 3.78. The largest absolute Gasteiger partial charge is 0.344 e. The molecule has 0 spiro atoms. The zero-order chi connectivity index (χ0) is 17.8. The first-order valence-corrected chi connectivity index (χ1v) is 8.49. The molecule has 1 atom stereocenters. The summed E-state index contributed by atoms with van der Waals surface area (Å²) in [6.45, 7) is 2.31. The molecule has 0 unspecified atom stereocenters. The summed E-state index contributed by atoms with van der Waals surface area (Å²) in [5, 5.41) is 12.1. The fourth-order valence-corrected chi connectivity index (χ4v) is 2.95. The summed E-state index contributed by atoms with van der Waals surface area (Å²) in [6.07, 6.45) is 1.60. The predicted octanol–water partition coefficient (Wildman–Crippen LogP) is 4.12. The number of rotatable bonds is 5. The summed E-state index contributed by atoms with van der Waals surface area (Å²) in [5.41, 5.74) is 2.00. The molecule has 0 radical (unpaired) electrons. The van der Waals surface area contributed by atoms with Crippen LogP contribution in [-0.4, -0.2) is 20.9 Å². The van der Waals surface area contributed by atoms with Crippen molar-refractivity contribution >= 4 is 29.1 Å². The van der Waals surface area contributed by atoms with Gasteiger partial charge >= 0.3 is 0 Å². The van der Waals surface area contributed by atoms with E-state index in [0.29, 0.717) is 16.6 Å². The Morgan fingerprint density at radius 3 is 2.52 bits per heavy atom. The molecule has 128 valence electrons. The van der Waals surface area contributed by atoms with E-state index in [9.17, 15) is 4.79 Å². The van der Waals surface area contributed by atoms with Gasteiger partial charge in [-0.3, -0.25) is 4.79 Å². The van der Waals surface area contributed by atoms with Gasteiger partial charge in [0.25, 0.3) is 5.91 Å². The molecule has 0 bridgehead atoms. The number of carbonyl (C=O) groups excluding carboxylic acids is 1. The van der Waals surface area contributed by atoms with Crippen LogP contribution in [0.4, 0.5) is 0 Å². The average Bonchev–Trinajstić information content (AvgIpc) is 3.06. The highest BCUT2D eigenvalue weighted by Crippen LogP contribution is 2.22. The number of hydrogen-bond acceptors (Lipinski definition) is 3. The second-order valence-corrected chi connectivity index (χ2v) is 6.42. The van der Waals surface area contributed by atoms with Crippen LogP contribution in [-0.2, 0) is 6.54 Å². The van der Waals surface area contributed by atoms with Gasteiger partial charge in [0.1, 0.15) is 0 Å². The smallest absolute Gasteiger partial charge is 0.273 e. The molecule has 3 rings (SSSR count). The second kappa shape index (κ2) is 7.68. The van der Waals surface area contributed by atoms with Gasteiger partial charge in [0.05, 0.1) is 18.8 Å². The molecule has 0 aliphatic carbocycles. The maximum atomic E-state index is 12.4. The molecule has 25 heavy (non-hydrogen) atoms. The number of nitrogens with one attached hydrogen (secondary N) is 1. The van der Waals surface area contributed by atoms with Crippen molar-refractivity contribution in [2.45, 2.75) is 19.5 Å². The number of nitrogens with zero attached hydrogens (tertiary/aromatic N) is 3. The quantitative estimate of drug-likeness (QED) is 0.730. The normalized spacial score (nSPS) is 12.0. The van der Waals surface area contributed by atoms with Gasteiger partial charge in [-0.1, -0.05) is 64.8 Å². The minimum atomic E-state index is -0.308. The van der Waals surface area contributed by atoms with Crippen LogP contribution in [0.15, 0.2) is 54.7 Å². The summed E-state index contributed by atoms with van der Waals surface area (Å²) in [7, 11) is 0. The number of halogens is 2. The third kappa shape index (κ3) is 4.18. The van der Waals surface area contributed by atoms with Crippen LogP contribution in [0.5, 0.6) is 0 Å². The Morgan fingerprint density at radius 2 is 1.80 bits per heavy atom. The van der Waals surface area contributed by atoms with Crippen molar-refractivity contribution in [1.82, 2.24) is 20.3 Å². The third-order valence-corrected chi connectivity index (χ3v) is 4.49. The van der Waals surface area contributed by atoms with Gasteiger partial charge in [-0.15, -0.1) is 5.10 Å². The Kier molecular flexibility index (Phi) is 5.36. The van der Waals surface area contributed by atoms with E-state index in [2.05, 4.69) is 15.6 Å². The zero-order valence-corrected chi connectivity index (χ0v) is 15.0. The monoisotopic (exact) mass is 374 g/mol. The number of hydrogen-bond donors (Lipinski definition) is 1. The summed E-state index contributed by atoms with van der Waals surface area (Å²) < 4.78 is 1.58. The van der Waals surface area contributed by atoms with E-state index in [0.717, 1.165) is 11.1 Å². The van der Waals surface area contributed by atoms with E-state index in [1.807, 2.05) is 49.4 Å². The molecule has 0 aliphatic rings. The Bertz CT molecular complexity index is 894. The van der Waals surface area contributed by atoms with Gasteiger partial charge in [-0.2, -0.15) is 0 Å². The van der Waals surface area contributed by atoms with Crippen molar-refractivity contribution in [3.05, 3.63) is 81.6 Å². The lowest BCUT2D eigenvalue weighted by Crippen LogP contribution is -2.27. The number of aromatic nitrogens is 3. The maximum Gasteiger partial charge on any atom is 0.273 e. The molecule has 1 aromatic heterocycles. The van der Waals surface area contributed by atoms with Crippen LogP contribution in [0, 0.1) is 0 Å². The van der Waals surface area contributed by atoms with Crippen LogP contribution in [0.2, 0.25) is 10.0 Å². The first-order chi connectivity index (χ1) is 12.0. The summed E-state index contributed by atoms with van der Waals surface area (Å²) in [4.78, 5) is 12.4. The molecule has 1 amide bonds. The average molecular weight is 375 g/mol. The number of benzene rings is 2. The molecular weight excluding hydrogens is 359 g/mol. The molecule has 0 aliphatic heterocycles. The van der Waals surface area contributed by atoms with E-state index in [-0.39, 0.29) is 17.6 Å². The summed E-state index contributed by atoms with van der Waals surface area (Å²) >= 11 is 12.3. The molecule has 3 aromatic rings. The molecule has 0 fully saturated rings. The van der Waals surface area contributed by atoms with Gasteiger partial charge in [0, 0.05) is 10.0 Å². The predicted molar refractivity (Wildman–Crippen MR) is 97.9 cm³/mol. The summed E-state index contributed by atoms with van der Waals surface area (Å²) in [5.74, 6) is -0.308. The van der Waals surface area contributed by atoms with Gasteiger partial charge in [0.2, 0.25) is 0 Å². The van der Waals surface area contributed by atoms with Crippen LogP contribution in [0.25, 0.3) is 0 Å². The van der Waals surface area contributed by atoms with Crippen LogP contribution < -0.4 is 5.32 Å². The molecule has 0 saturated heterocycles. The molecule has 5 nitrogen and oxygen atoms in total. The minimum Gasteiger partial charge on any atom is -0.344 e. The lowest BCUT2D eigenvalue weighted by molar-refractivity contribution is 0.0935. The second-order valence-electron chi connectivity index (χ2n) is 5.61. The van der Waals surface area contributed by atoms with Gasteiger partial charge < -0.3 is 5.32 Å². The Labute approximate surface area is 155 Å². The Hall–Kier alpha value is -2.37. The Morgan fingerprint density at radius 1 is 1.12 bits per heavy atom. The van der Waals surface area contributed by atoms with E-state index in [1.54, 1.807) is 16.9 Å². The van der Waals surface area contributed by atoms with Crippen molar-refractivity contribution in [2.75, 3.05) is 0 Å². The highest BCUT2D eigenvalue weighted by Gasteiger charge is 2.16. The highest BCUT2D eigenvalue weighted by atomic mass is 35.5. The lowest BCUT2D eigenvalue weighted by Gasteiger charge is -2.14. The Balaban J connectivity index is 1.69.